The molecule has 0 bridgehead atoms. The van der Waals surface area contributed by atoms with Crippen molar-refractivity contribution in [2.75, 3.05) is 13.1 Å². The second kappa shape index (κ2) is 8.13. The van der Waals surface area contributed by atoms with Gasteiger partial charge in [0.25, 0.3) is 0 Å². The highest BCUT2D eigenvalue weighted by Crippen LogP contribution is 2.02. The molecule has 0 aromatic carbocycles. The molecule has 2 N–H and O–H groups in total. The molecule has 2 aliphatic rings. The third-order valence-corrected chi connectivity index (χ3v) is 2.81. The molecule has 0 spiro atoms. The molecule has 2 fully saturated rings. The van der Waals surface area contributed by atoms with Gasteiger partial charge in [-0.3, -0.25) is 9.59 Å². The molecule has 0 radical (unpaired) electrons. The zero-order valence-corrected chi connectivity index (χ0v) is 9.89. The predicted octanol–water partition coefficient (Wildman–Crippen LogP) is 1.35. The number of nitrogens with one attached hydrogen (secondary N) is 2. The topological polar surface area (TPSA) is 58.2 Å². The molecule has 2 aliphatic heterocycles. The lowest BCUT2D eigenvalue weighted by atomic mass is 10.2. The van der Waals surface area contributed by atoms with E-state index in [1.165, 1.54) is 12.8 Å². The molecular weight excluding hydrogens is 204 g/mol. The minimum Gasteiger partial charge on any atom is -0.356 e. The average molecular weight is 226 g/mol. The number of amides is 2. The molecule has 0 atom stereocenters. The number of carbonyl (C=O) groups is 2. The van der Waals surface area contributed by atoms with Gasteiger partial charge < -0.3 is 10.6 Å². The maximum absolute atomic E-state index is 10.6. The van der Waals surface area contributed by atoms with Gasteiger partial charge in [-0.2, -0.15) is 0 Å². The van der Waals surface area contributed by atoms with Crippen LogP contribution in [0.5, 0.6) is 0 Å². The first-order chi connectivity index (χ1) is 7.79. The highest BCUT2D eigenvalue weighted by Gasteiger charge is 2.04. The van der Waals surface area contributed by atoms with Gasteiger partial charge in [-0.05, 0) is 25.7 Å². The third kappa shape index (κ3) is 6.43. The van der Waals surface area contributed by atoms with Crippen LogP contribution in [0, 0.1) is 0 Å². The van der Waals surface area contributed by atoms with Gasteiger partial charge in [0.05, 0.1) is 0 Å². The van der Waals surface area contributed by atoms with Crippen molar-refractivity contribution in [1.29, 1.82) is 0 Å². The molecule has 0 aliphatic carbocycles. The van der Waals surface area contributed by atoms with Crippen molar-refractivity contribution in [3.63, 3.8) is 0 Å². The predicted molar refractivity (Wildman–Crippen MR) is 63.0 cm³/mol. The van der Waals surface area contributed by atoms with Gasteiger partial charge in [0.15, 0.2) is 0 Å². The van der Waals surface area contributed by atoms with E-state index in [1.807, 2.05) is 0 Å². The minimum absolute atomic E-state index is 0.225. The van der Waals surface area contributed by atoms with Crippen LogP contribution in [0.4, 0.5) is 0 Å². The summed E-state index contributed by atoms with van der Waals surface area (Å²) in [6.45, 7) is 1.78. The Bertz CT molecular complexity index is 185. The van der Waals surface area contributed by atoms with E-state index in [9.17, 15) is 9.59 Å². The van der Waals surface area contributed by atoms with Crippen LogP contribution in [0.25, 0.3) is 0 Å². The van der Waals surface area contributed by atoms with E-state index in [-0.39, 0.29) is 11.8 Å². The van der Waals surface area contributed by atoms with E-state index in [0.29, 0.717) is 0 Å². The lowest BCUT2D eigenvalue weighted by Crippen LogP contribution is -2.21. The Balaban J connectivity index is 0.000000160. The van der Waals surface area contributed by atoms with Gasteiger partial charge in [0.2, 0.25) is 11.8 Å². The van der Waals surface area contributed by atoms with Gasteiger partial charge in [-0.15, -0.1) is 0 Å². The zero-order valence-electron chi connectivity index (χ0n) is 9.89. The van der Waals surface area contributed by atoms with Crippen molar-refractivity contribution in [3.05, 3.63) is 0 Å². The first kappa shape index (κ1) is 13.0. The van der Waals surface area contributed by atoms with E-state index in [1.54, 1.807) is 0 Å². The molecule has 0 aromatic rings. The Labute approximate surface area is 97.2 Å². The summed E-state index contributed by atoms with van der Waals surface area (Å²) in [6.07, 6.45) is 8.35. The monoisotopic (exact) mass is 226 g/mol. The standard InChI is InChI=1S/2C6H11NO/c2*8-6-4-2-1-3-5-7-6/h2*1-5H2,(H,7,8). The van der Waals surface area contributed by atoms with Gasteiger partial charge in [0, 0.05) is 25.9 Å². The zero-order chi connectivity index (χ0) is 11.6. The van der Waals surface area contributed by atoms with Crippen LogP contribution in [0.15, 0.2) is 0 Å². The number of hydrogen-bond acceptors (Lipinski definition) is 2. The van der Waals surface area contributed by atoms with E-state index < -0.39 is 0 Å². The van der Waals surface area contributed by atoms with Crippen LogP contribution in [0.3, 0.4) is 0 Å². The molecule has 2 heterocycles. The number of hydrogen-bond donors (Lipinski definition) is 2. The molecule has 2 rings (SSSR count). The number of rotatable bonds is 0. The van der Waals surface area contributed by atoms with Crippen LogP contribution >= 0.6 is 0 Å². The first-order valence-electron chi connectivity index (χ1n) is 6.32. The van der Waals surface area contributed by atoms with Crippen molar-refractivity contribution in [3.8, 4) is 0 Å². The van der Waals surface area contributed by atoms with Crippen molar-refractivity contribution in [2.24, 2.45) is 0 Å². The summed E-state index contributed by atoms with van der Waals surface area (Å²) >= 11 is 0. The van der Waals surface area contributed by atoms with E-state index in [0.717, 1.165) is 51.6 Å². The van der Waals surface area contributed by atoms with Crippen molar-refractivity contribution >= 4 is 11.8 Å². The first-order valence-corrected chi connectivity index (χ1v) is 6.32. The Hall–Kier alpha value is -1.06. The van der Waals surface area contributed by atoms with Gasteiger partial charge in [-0.1, -0.05) is 12.8 Å². The van der Waals surface area contributed by atoms with Crippen molar-refractivity contribution in [2.45, 2.75) is 51.4 Å². The minimum atomic E-state index is 0.225. The molecule has 2 saturated heterocycles. The van der Waals surface area contributed by atoms with Crippen LogP contribution in [-0.4, -0.2) is 24.9 Å². The number of carbonyl (C=O) groups excluding carboxylic acids is 2. The average Bonchev–Trinajstić information content (AvgIpc) is 2.64. The van der Waals surface area contributed by atoms with Crippen molar-refractivity contribution in [1.82, 2.24) is 10.6 Å². The summed E-state index contributed by atoms with van der Waals surface area (Å²) in [5.74, 6) is 0.449. The van der Waals surface area contributed by atoms with Crippen LogP contribution in [0.1, 0.15) is 51.4 Å². The van der Waals surface area contributed by atoms with Crippen LogP contribution < -0.4 is 10.6 Å². The summed E-state index contributed by atoms with van der Waals surface area (Å²) < 4.78 is 0. The Morgan fingerprint density at radius 3 is 1.50 bits per heavy atom. The quantitative estimate of drug-likeness (QED) is 0.655. The molecule has 0 saturated carbocycles. The van der Waals surface area contributed by atoms with Crippen LogP contribution in [-0.2, 0) is 9.59 Å². The third-order valence-electron chi connectivity index (χ3n) is 2.81. The molecular formula is C12H22N2O2. The fourth-order valence-electron chi connectivity index (χ4n) is 1.81. The van der Waals surface area contributed by atoms with Gasteiger partial charge >= 0.3 is 0 Å². The Morgan fingerprint density at radius 1 is 0.625 bits per heavy atom. The molecule has 0 aromatic heterocycles. The highest BCUT2D eigenvalue weighted by molar-refractivity contribution is 5.76. The molecule has 4 nitrogen and oxygen atoms in total. The summed E-state index contributed by atoms with van der Waals surface area (Å²) in [4.78, 5) is 21.1. The lowest BCUT2D eigenvalue weighted by molar-refractivity contribution is -0.121. The van der Waals surface area contributed by atoms with Gasteiger partial charge in [0.1, 0.15) is 0 Å². The Morgan fingerprint density at radius 2 is 1.06 bits per heavy atom. The summed E-state index contributed by atoms with van der Waals surface area (Å²) in [6, 6.07) is 0. The molecule has 4 heteroatoms. The fourth-order valence-corrected chi connectivity index (χ4v) is 1.81. The Kier molecular flexibility index (Phi) is 6.61. The van der Waals surface area contributed by atoms with Crippen LogP contribution in [0.2, 0.25) is 0 Å². The SMILES string of the molecule is O=C1CCCCCN1.O=C1CCCCCN1. The molecule has 2 amide bonds. The fraction of sp³-hybridized carbons (Fsp3) is 0.833. The second-order valence-electron chi connectivity index (χ2n) is 4.32. The molecule has 16 heavy (non-hydrogen) atoms. The lowest BCUT2D eigenvalue weighted by Gasteiger charge is -1.93. The maximum Gasteiger partial charge on any atom is 0.219 e. The second-order valence-corrected chi connectivity index (χ2v) is 4.32. The molecule has 0 unspecified atom stereocenters. The van der Waals surface area contributed by atoms with E-state index >= 15 is 0 Å². The summed E-state index contributed by atoms with van der Waals surface area (Å²) in [5.41, 5.74) is 0. The maximum atomic E-state index is 10.6. The van der Waals surface area contributed by atoms with Gasteiger partial charge in [-0.25, -0.2) is 0 Å². The smallest absolute Gasteiger partial charge is 0.219 e. The summed E-state index contributed by atoms with van der Waals surface area (Å²) in [7, 11) is 0. The summed E-state index contributed by atoms with van der Waals surface area (Å²) in [5, 5.41) is 5.61. The molecule has 92 valence electrons. The van der Waals surface area contributed by atoms with Crippen molar-refractivity contribution < 1.29 is 9.59 Å². The van der Waals surface area contributed by atoms with E-state index in [4.69, 9.17) is 0 Å². The highest BCUT2D eigenvalue weighted by atomic mass is 16.2. The largest absolute Gasteiger partial charge is 0.356 e. The van der Waals surface area contributed by atoms with E-state index in [2.05, 4.69) is 10.6 Å². The normalized spacial score (nSPS) is 21.8.